The van der Waals surface area contributed by atoms with Crippen LogP contribution in [0.4, 0.5) is 5.69 Å². The summed E-state index contributed by atoms with van der Waals surface area (Å²) in [7, 11) is 2.74. The van der Waals surface area contributed by atoms with Crippen LogP contribution in [0.3, 0.4) is 0 Å². The Hall–Kier alpha value is -3.42. The van der Waals surface area contributed by atoms with E-state index in [1.165, 1.54) is 31.4 Å². The molecule has 0 spiro atoms. The number of aliphatic hydroxyl groups is 1. The Morgan fingerprint density at radius 2 is 1.68 bits per heavy atom. The van der Waals surface area contributed by atoms with Crippen molar-refractivity contribution in [3.8, 4) is 11.5 Å². The molecule has 3 aromatic rings. The van der Waals surface area contributed by atoms with Crippen LogP contribution in [0.1, 0.15) is 28.5 Å². The number of nitrogens with zero attached hydrogens (tertiary/aromatic N) is 1. The third-order valence-corrected chi connectivity index (χ3v) is 6.16. The number of aliphatic hydroxyl groups excluding tert-OH is 1. The van der Waals surface area contributed by atoms with E-state index in [4.69, 9.17) is 37.1 Å². The number of amides is 1. The molecule has 2 aromatic carbocycles. The molecule has 1 saturated heterocycles. The molecular formula is C25H21Cl2NO6. The number of halogens is 2. The molecule has 1 fully saturated rings. The molecule has 1 N–H and O–H groups in total. The first-order valence-electron chi connectivity index (χ1n) is 10.2. The molecular weight excluding hydrogens is 481 g/mol. The Kier molecular flexibility index (Phi) is 6.34. The molecule has 1 aliphatic heterocycles. The van der Waals surface area contributed by atoms with Crippen LogP contribution in [0.25, 0.3) is 5.76 Å². The number of methoxy groups -OCH3 is 2. The Bertz CT molecular complexity index is 1310. The van der Waals surface area contributed by atoms with Gasteiger partial charge in [0.1, 0.15) is 22.6 Å². The number of furan rings is 1. The van der Waals surface area contributed by atoms with Crippen LogP contribution >= 0.6 is 23.2 Å². The highest BCUT2D eigenvalue weighted by atomic mass is 35.5. The van der Waals surface area contributed by atoms with E-state index in [-0.39, 0.29) is 32.7 Å². The highest BCUT2D eigenvalue weighted by Crippen LogP contribution is 2.48. The van der Waals surface area contributed by atoms with Gasteiger partial charge in [0, 0.05) is 5.69 Å². The van der Waals surface area contributed by atoms with E-state index in [1.807, 2.05) is 19.9 Å². The molecule has 176 valence electrons. The second-order valence-electron chi connectivity index (χ2n) is 7.82. The van der Waals surface area contributed by atoms with E-state index in [0.29, 0.717) is 11.4 Å². The first-order valence-corrected chi connectivity index (χ1v) is 11.0. The molecule has 1 amide bonds. The molecule has 1 aromatic heterocycles. The van der Waals surface area contributed by atoms with Crippen molar-refractivity contribution in [3.05, 3.63) is 80.7 Å². The fraction of sp³-hybridized carbons (Fsp3) is 0.200. The standard InChI is InChI=1S/C25H21Cl2NO6/c1-12-8-13(2)10-14(9-12)28-20(17-6-5-7-34-17)18(22(30)25(28)31)21(29)15-11-16(26)24(33-4)19(27)23(15)32-3/h5-11,20,29H,1-4H3/b21-18-. The lowest BCUT2D eigenvalue weighted by atomic mass is 9.98. The van der Waals surface area contributed by atoms with Crippen LogP contribution in [-0.4, -0.2) is 31.0 Å². The number of hydrogen-bond donors (Lipinski definition) is 1. The van der Waals surface area contributed by atoms with Crippen molar-refractivity contribution in [2.45, 2.75) is 19.9 Å². The quantitative estimate of drug-likeness (QED) is 0.268. The summed E-state index contributed by atoms with van der Waals surface area (Å²) in [5.41, 5.74) is 2.16. The molecule has 0 radical (unpaired) electrons. The van der Waals surface area contributed by atoms with Gasteiger partial charge >= 0.3 is 0 Å². The second kappa shape index (κ2) is 9.08. The second-order valence-corrected chi connectivity index (χ2v) is 8.60. The molecule has 7 nitrogen and oxygen atoms in total. The molecule has 9 heteroatoms. The van der Waals surface area contributed by atoms with E-state index >= 15 is 0 Å². The van der Waals surface area contributed by atoms with E-state index < -0.39 is 23.5 Å². The highest BCUT2D eigenvalue weighted by Gasteiger charge is 2.48. The number of hydrogen-bond acceptors (Lipinski definition) is 6. The Balaban J connectivity index is 2.00. The van der Waals surface area contributed by atoms with E-state index in [2.05, 4.69) is 0 Å². The number of carbonyl (C=O) groups is 2. The van der Waals surface area contributed by atoms with Gasteiger partial charge < -0.3 is 19.0 Å². The maximum Gasteiger partial charge on any atom is 0.300 e. The van der Waals surface area contributed by atoms with Crippen LogP contribution in [0.15, 0.2) is 52.7 Å². The Morgan fingerprint density at radius 3 is 2.24 bits per heavy atom. The molecule has 0 bridgehead atoms. The van der Waals surface area contributed by atoms with Crippen LogP contribution in [0, 0.1) is 13.8 Å². The van der Waals surface area contributed by atoms with E-state index in [0.717, 1.165) is 11.1 Å². The van der Waals surface area contributed by atoms with Crippen molar-refractivity contribution in [1.29, 1.82) is 0 Å². The summed E-state index contributed by atoms with van der Waals surface area (Å²) in [5.74, 6) is -1.72. The Labute approximate surface area is 206 Å². The van der Waals surface area contributed by atoms with Crippen molar-refractivity contribution in [2.75, 3.05) is 19.1 Å². The van der Waals surface area contributed by atoms with Gasteiger partial charge in [0.25, 0.3) is 11.7 Å². The average Bonchev–Trinajstić information content (AvgIpc) is 3.39. The summed E-state index contributed by atoms with van der Waals surface area (Å²) >= 11 is 12.7. The summed E-state index contributed by atoms with van der Waals surface area (Å²) in [5, 5.41) is 11.5. The number of carbonyl (C=O) groups excluding carboxylic acids is 2. The smallest absolute Gasteiger partial charge is 0.300 e. The van der Waals surface area contributed by atoms with Crippen LogP contribution < -0.4 is 14.4 Å². The number of aryl methyl sites for hydroxylation is 2. The van der Waals surface area contributed by atoms with Gasteiger partial charge in [-0.1, -0.05) is 29.3 Å². The maximum atomic E-state index is 13.3. The molecule has 0 aliphatic carbocycles. The third-order valence-electron chi connectivity index (χ3n) is 5.54. The first kappa shape index (κ1) is 23.7. The maximum absolute atomic E-state index is 13.3. The van der Waals surface area contributed by atoms with Crippen LogP contribution in [-0.2, 0) is 9.59 Å². The molecule has 2 heterocycles. The highest BCUT2D eigenvalue weighted by molar-refractivity contribution is 6.52. The average molecular weight is 502 g/mol. The number of anilines is 1. The van der Waals surface area contributed by atoms with Gasteiger partial charge in [0.05, 0.1) is 36.6 Å². The summed E-state index contributed by atoms with van der Waals surface area (Å²) in [6.07, 6.45) is 1.43. The van der Waals surface area contributed by atoms with E-state index in [1.54, 1.807) is 24.3 Å². The lowest BCUT2D eigenvalue weighted by Crippen LogP contribution is -2.29. The van der Waals surface area contributed by atoms with Gasteiger partial charge in [-0.05, 0) is 55.3 Å². The molecule has 34 heavy (non-hydrogen) atoms. The topological polar surface area (TPSA) is 89.2 Å². The van der Waals surface area contributed by atoms with Crippen molar-refractivity contribution in [1.82, 2.24) is 0 Å². The van der Waals surface area contributed by atoms with E-state index in [9.17, 15) is 14.7 Å². The number of benzene rings is 2. The predicted octanol–water partition coefficient (Wildman–Crippen LogP) is 5.85. The van der Waals surface area contributed by atoms with Gasteiger partial charge in [-0.15, -0.1) is 0 Å². The SMILES string of the molecule is COc1c(Cl)cc(/C(O)=C2/C(=O)C(=O)N(c3cc(C)cc(C)c3)C2c2ccco2)c(OC)c1Cl. The minimum Gasteiger partial charge on any atom is -0.507 e. The Morgan fingerprint density at radius 1 is 1.03 bits per heavy atom. The predicted molar refractivity (Wildman–Crippen MR) is 129 cm³/mol. The van der Waals surface area contributed by atoms with Crippen molar-refractivity contribution in [2.24, 2.45) is 0 Å². The van der Waals surface area contributed by atoms with Crippen molar-refractivity contribution >= 4 is 46.3 Å². The molecule has 1 atom stereocenters. The zero-order chi connectivity index (χ0) is 24.7. The number of ether oxygens (including phenoxy) is 2. The normalized spacial score (nSPS) is 17.4. The monoisotopic (exact) mass is 501 g/mol. The van der Waals surface area contributed by atoms with Crippen molar-refractivity contribution < 1.29 is 28.6 Å². The van der Waals surface area contributed by atoms with Crippen LogP contribution in [0.2, 0.25) is 10.0 Å². The summed E-state index contributed by atoms with van der Waals surface area (Å²) in [6, 6.07) is 9.13. The summed E-state index contributed by atoms with van der Waals surface area (Å²) in [6.45, 7) is 3.78. The zero-order valence-electron chi connectivity index (χ0n) is 18.8. The molecule has 1 aliphatic rings. The number of ketones is 1. The fourth-order valence-corrected chi connectivity index (χ4v) is 4.88. The van der Waals surface area contributed by atoms with Gasteiger partial charge in [-0.2, -0.15) is 0 Å². The van der Waals surface area contributed by atoms with Gasteiger partial charge in [0.15, 0.2) is 11.5 Å². The van der Waals surface area contributed by atoms with Gasteiger partial charge in [-0.3, -0.25) is 14.5 Å². The minimum atomic E-state index is -1.03. The van der Waals surface area contributed by atoms with Crippen molar-refractivity contribution in [3.63, 3.8) is 0 Å². The molecule has 0 saturated carbocycles. The minimum absolute atomic E-state index is 0.0112. The summed E-state index contributed by atoms with van der Waals surface area (Å²) in [4.78, 5) is 27.9. The van der Waals surface area contributed by atoms with Gasteiger partial charge in [0.2, 0.25) is 0 Å². The fourth-order valence-electron chi connectivity index (χ4n) is 4.20. The summed E-state index contributed by atoms with van der Waals surface area (Å²) < 4.78 is 16.2. The largest absolute Gasteiger partial charge is 0.507 e. The zero-order valence-corrected chi connectivity index (χ0v) is 20.3. The van der Waals surface area contributed by atoms with Gasteiger partial charge in [-0.25, -0.2) is 0 Å². The first-order chi connectivity index (χ1) is 16.2. The number of Topliss-reactive ketones (excluding diaryl/α,β-unsaturated/α-hetero) is 1. The lowest BCUT2D eigenvalue weighted by Gasteiger charge is -2.24. The third kappa shape index (κ3) is 3.81. The van der Waals surface area contributed by atoms with Crippen LogP contribution in [0.5, 0.6) is 11.5 Å². The molecule has 1 unspecified atom stereocenters. The number of rotatable bonds is 5. The molecule has 4 rings (SSSR count). The lowest BCUT2D eigenvalue weighted by molar-refractivity contribution is -0.132.